The van der Waals surface area contributed by atoms with Crippen molar-refractivity contribution in [3.05, 3.63) is 64.1 Å². The van der Waals surface area contributed by atoms with E-state index in [4.69, 9.17) is 0 Å². The van der Waals surface area contributed by atoms with Gasteiger partial charge in [-0.2, -0.15) is 8.78 Å². The van der Waals surface area contributed by atoms with Crippen LogP contribution < -0.4 is 10.9 Å². The van der Waals surface area contributed by atoms with Crippen LogP contribution in [0.2, 0.25) is 0 Å². The number of thioether (sulfide) groups is 1. The lowest BCUT2D eigenvalue weighted by molar-refractivity contribution is 0.102. The molecule has 1 amide bonds. The second kappa shape index (κ2) is 7.87. The van der Waals surface area contributed by atoms with Gasteiger partial charge in [0.05, 0.1) is 16.7 Å². The Kier molecular flexibility index (Phi) is 5.55. The summed E-state index contributed by atoms with van der Waals surface area (Å²) in [6, 6.07) is 11.2. The van der Waals surface area contributed by atoms with Gasteiger partial charge in [-0.1, -0.05) is 23.9 Å². The number of fused-ring (bicyclic) bond motifs is 1. The van der Waals surface area contributed by atoms with Crippen LogP contribution in [0.4, 0.5) is 14.5 Å². The lowest BCUT2D eigenvalue weighted by atomic mass is 10.1. The molecule has 0 unspecified atom stereocenters. The molecule has 0 aliphatic heterocycles. The first-order chi connectivity index (χ1) is 12.9. The standard InChI is InChI=1S/C19H17F2N3O2S/c1-3-24-15-9-8-12(10-14(15)22-11(2)18(24)26)17(25)23-13-6-4-5-7-16(13)27-19(20)21/h4-10,19H,3H2,1-2H3,(H,23,25). The highest BCUT2D eigenvalue weighted by atomic mass is 32.2. The van der Waals surface area contributed by atoms with Crippen molar-refractivity contribution in [3.63, 3.8) is 0 Å². The van der Waals surface area contributed by atoms with Crippen LogP contribution in [0.15, 0.2) is 52.2 Å². The first-order valence-electron chi connectivity index (χ1n) is 8.27. The molecule has 0 saturated carbocycles. The van der Waals surface area contributed by atoms with Crippen molar-refractivity contribution in [1.29, 1.82) is 0 Å². The summed E-state index contributed by atoms with van der Waals surface area (Å²) in [6.07, 6.45) is 0. The van der Waals surface area contributed by atoms with Crippen molar-refractivity contribution in [2.75, 3.05) is 5.32 Å². The first kappa shape index (κ1) is 19.0. The normalized spacial score (nSPS) is 11.1. The lowest BCUT2D eigenvalue weighted by Gasteiger charge is -2.12. The fourth-order valence-electron chi connectivity index (χ4n) is 2.79. The summed E-state index contributed by atoms with van der Waals surface area (Å²) in [4.78, 5) is 29.3. The minimum Gasteiger partial charge on any atom is -0.321 e. The summed E-state index contributed by atoms with van der Waals surface area (Å²) in [5.74, 6) is -3.02. The smallest absolute Gasteiger partial charge is 0.288 e. The number of aryl methyl sites for hydroxylation is 2. The molecule has 0 radical (unpaired) electrons. The van der Waals surface area contributed by atoms with Crippen LogP contribution in [0.25, 0.3) is 11.0 Å². The van der Waals surface area contributed by atoms with Gasteiger partial charge in [0, 0.05) is 17.0 Å². The first-order valence-corrected chi connectivity index (χ1v) is 9.15. The molecule has 0 bridgehead atoms. The number of carbonyl (C=O) groups is 1. The monoisotopic (exact) mass is 389 g/mol. The van der Waals surface area contributed by atoms with Gasteiger partial charge in [0.1, 0.15) is 5.69 Å². The Labute approximate surface area is 158 Å². The number of aromatic nitrogens is 2. The average Bonchev–Trinajstić information content (AvgIpc) is 2.63. The van der Waals surface area contributed by atoms with Gasteiger partial charge in [-0.15, -0.1) is 0 Å². The summed E-state index contributed by atoms with van der Waals surface area (Å²) in [6.45, 7) is 3.97. The SMILES string of the molecule is CCn1c(=O)c(C)nc2cc(C(=O)Nc3ccccc3SC(F)F)ccc21. The molecule has 2 aromatic carbocycles. The van der Waals surface area contributed by atoms with E-state index in [-0.39, 0.29) is 10.5 Å². The van der Waals surface area contributed by atoms with Crippen molar-refractivity contribution in [2.45, 2.75) is 31.0 Å². The third-order valence-corrected chi connectivity index (χ3v) is 4.83. The Bertz CT molecular complexity index is 1070. The minimum atomic E-state index is -2.58. The molecule has 140 valence electrons. The van der Waals surface area contributed by atoms with Gasteiger partial charge in [0.25, 0.3) is 17.2 Å². The molecule has 3 aromatic rings. The second-order valence-electron chi connectivity index (χ2n) is 5.78. The summed E-state index contributed by atoms with van der Waals surface area (Å²) >= 11 is 0.375. The number of nitrogens with one attached hydrogen (secondary N) is 1. The van der Waals surface area contributed by atoms with Crippen molar-refractivity contribution in [1.82, 2.24) is 9.55 Å². The number of halogens is 2. The third kappa shape index (κ3) is 4.00. The molecule has 0 fully saturated rings. The molecule has 1 N–H and O–H groups in total. The Balaban J connectivity index is 1.96. The molecule has 3 rings (SSSR count). The maximum atomic E-state index is 12.7. The fourth-order valence-corrected chi connectivity index (χ4v) is 3.39. The van der Waals surface area contributed by atoms with Gasteiger partial charge in [0.15, 0.2) is 0 Å². The second-order valence-corrected chi connectivity index (χ2v) is 6.81. The zero-order valence-electron chi connectivity index (χ0n) is 14.7. The summed E-state index contributed by atoms with van der Waals surface area (Å²) in [7, 11) is 0. The third-order valence-electron chi connectivity index (χ3n) is 4.04. The number of hydrogen-bond donors (Lipinski definition) is 1. The molecule has 8 heteroatoms. The van der Waals surface area contributed by atoms with E-state index in [1.165, 1.54) is 6.07 Å². The quantitative estimate of drug-likeness (QED) is 0.661. The van der Waals surface area contributed by atoms with E-state index in [9.17, 15) is 18.4 Å². The van der Waals surface area contributed by atoms with Crippen molar-refractivity contribution < 1.29 is 13.6 Å². The van der Waals surface area contributed by atoms with Crippen LogP contribution in [-0.2, 0) is 6.54 Å². The highest BCUT2D eigenvalue weighted by molar-refractivity contribution is 7.99. The van der Waals surface area contributed by atoms with Gasteiger partial charge < -0.3 is 9.88 Å². The van der Waals surface area contributed by atoms with Crippen molar-refractivity contribution >= 4 is 34.4 Å². The summed E-state index contributed by atoms with van der Waals surface area (Å²) < 4.78 is 27.0. The number of rotatable bonds is 5. The van der Waals surface area contributed by atoms with Gasteiger partial charge in [-0.3, -0.25) is 9.59 Å². The van der Waals surface area contributed by atoms with Gasteiger partial charge in [-0.05, 0) is 44.2 Å². The predicted octanol–water partition coefficient (Wildman–Crippen LogP) is 4.29. The van der Waals surface area contributed by atoms with Crippen LogP contribution in [0.1, 0.15) is 23.0 Å². The number of anilines is 1. The van der Waals surface area contributed by atoms with Gasteiger partial charge >= 0.3 is 0 Å². The molecule has 0 aliphatic rings. The van der Waals surface area contributed by atoms with Crippen LogP contribution in [0, 0.1) is 6.92 Å². The van der Waals surface area contributed by atoms with E-state index in [0.29, 0.717) is 46.3 Å². The van der Waals surface area contributed by atoms with Crippen molar-refractivity contribution in [2.24, 2.45) is 0 Å². The molecule has 1 aromatic heterocycles. The summed E-state index contributed by atoms with van der Waals surface area (Å²) in [5, 5.41) is 2.66. The maximum Gasteiger partial charge on any atom is 0.288 e. The zero-order valence-corrected chi connectivity index (χ0v) is 15.5. The number of hydrogen-bond acceptors (Lipinski definition) is 4. The average molecular weight is 389 g/mol. The largest absolute Gasteiger partial charge is 0.321 e. The Morgan fingerprint density at radius 2 is 2.00 bits per heavy atom. The molecular formula is C19H17F2N3O2S. The Morgan fingerprint density at radius 1 is 1.26 bits per heavy atom. The molecule has 0 spiro atoms. The highest BCUT2D eigenvalue weighted by Gasteiger charge is 2.14. The van der Waals surface area contributed by atoms with Crippen LogP contribution in [0.3, 0.4) is 0 Å². The van der Waals surface area contributed by atoms with E-state index in [2.05, 4.69) is 10.3 Å². The predicted molar refractivity (Wildman–Crippen MR) is 103 cm³/mol. The Morgan fingerprint density at radius 3 is 2.70 bits per heavy atom. The topological polar surface area (TPSA) is 64.0 Å². The molecule has 0 saturated heterocycles. The number of alkyl halides is 2. The van der Waals surface area contributed by atoms with E-state index in [1.54, 1.807) is 47.9 Å². The number of nitrogens with zero attached hydrogens (tertiary/aromatic N) is 2. The highest BCUT2D eigenvalue weighted by Crippen LogP contribution is 2.31. The zero-order chi connectivity index (χ0) is 19.6. The summed E-state index contributed by atoms with van der Waals surface area (Å²) in [5.41, 5.74) is 1.99. The molecule has 27 heavy (non-hydrogen) atoms. The molecule has 5 nitrogen and oxygen atoms in total. The lowest BCUT2D eigenvalue weighted by Crippen LogP contribution is -2.23. The maximum absolute atomic E-state index is 12.7. The van der Waals surface area contributed by atoms with Gasteiger partial charge in [0.2, 0.25) is 0 Å². The van der Waals surface area contributed by atoms with Gasteiger partial charge in [-0.25, -0.2) is 4.98 Å². The van der Waals surface area contributed by atoms with E-state index in [1.807, 2.05) is 6.92 Å². The number of para-hydroxylation sites is 1. The van der Waals surface area contributed by atoms with Crippen LogP contribution in [0.5, 0.6) is 0 Å². The minimum absolute atomic E-state index is 0.167. The Hall–Kier alpha value is -2.74. The number of amides is 1. The van der Waals surface area contributed by atoms with E-state index in [0.717, 1.165) is 0 Å². The fraction of sp³-hybridized carbons (Fsp3) is 0.211. The molecule has 1 heterocycles. The van der Waals surface area contributed by atoms with Crippen LogP contribution >= 0.6 is 11.8 Å². The number of benzene rings is 2. The molecule has 0 atom stereocenters. The molecule has 0 aliphatic carbocycles. The molecular weight excluding hydrogens is 372 g/mol. The number of carbonyl (C=O) groups excluding carboxylic acids is 1. The van der Waals surface area contributed by atoms with Crippen LogP contribution in [-0.4, -0.2) is 21.2 Å². The van der Waals surface area contributed by atoms with Crippen molar-refractivity contribution in [3.8, 4) is 0 Å². The van der Waals surface area contributed by atoms with E-state index < -0.39 is 11.7 Å². The van der Waals surface area contributed by atoms with E-state index >= 15 is 0 Å².